The first-order valence-electron chi connectivity index (χ1n) is 12.0. The summed E-state index contributed by atoms with van der Waals surface area (Å²) in [5, 5.41) is 9.97. The van der Waals surface area contributed by atoms with Crippen molar-refractivity contribution in [2.45, 2.75) is 31.8 Å². The molecule has 2 saturated carbocycles. The first-order valence-corrected chi connectivity index (χ1v) is 12.0. The van der Waals surface area contributed by atoms with Crippen LogP contribution in [0.4, 0.5) is 0 Å². The van der Waals surface area contributed by atoms with Gasteiger partial charge in [-0.15, -0.1) is 10.2 Å². The molecule has 33 heavy (non-hydrogen) atoms. The molecule has 4 heterocycles. The number of benzene rings is 1. The number of nitrogens with zero attached hydrogens (tertiary/aromatic N) is 5. The van der Waals surface area contributed by atoms with E-state index < -0.39 is 0 Å². The molecule has 3 aliphatic rings. The summed E-state index contributed by atoms with van der Waals surface area (Å²) in [5.74, 6) is 3.65. The molecule has 0 amide bonds. The average Bonchev–Trinajstić information content (AvgIpc) is 3.65. The number of fused-ring (bicyclic) bond motifs is 3. The Labute approximate surface area is 192 Å². The Kier molecular flexibility index (Phi) is 4.26. The Bertz CT molecular complexity index is 1350. The van der Waals surface area contributed by atoms with E-state index in [9.17, 15) is 0 Å². The molecule has 7 nitrogen and oxygen atoms in total. The van der Waals surface area contributed by atoms with Crippen LogP contribution in [0.25, 0.3) is 28.1 Å². The Morgan fingerprint density at radius 2 is 1.91 bits per heavy atom. The van der Waals surface area contributed by atoms with Crippen LogP contribution < -0.4 is 10.5 Å². The SMILES string of the molecule is CC(c1ccc2nnc(-c3ccc4cccc(OCC5CC5)c4n3)n2c1)N1C[C@@H]2C(N)[C@@H]2C1. The van der Waals surface area contributed by atoms with Crippen molar-refractivity contribution in [2.75, 3.05) is 19.7 Å². The van der Waals surface area contributed by atoms with Crippen molar-refractivity contribution in [3.8, 4) is 17.3 Å². The summed E-state index contributed by atoms with van der Waals surface area (Å²) in [5.41, 5.74) is 9.91. The fourth-order valence-corrected chi connectivity index (χ4v) is 5.31. The lowest BCUT2D eigenvalue weighted by molar-refractivity contribution is 0.231. The van der Waals surface area contributed by atoms with E-state index in [0.29, 0.717) is 29.8 Å². The predicted octanol–water partition coefficient (Wildman–Crippen LogP) is 3.68. The third kappa shape index (κ3) is 3.30. The number of piperidine rings is 1. The molecule has 7 rings (SSSR count). The standard InChI is InChI=1S/C26H28N6O/c1-15(31-12-19-20(13-31)24(19)27)18-8-10-23-29-30-26(32(23)11-18)21-9-7-17-3-2-4-22(25(17)28-21)33-14-16-5-6-16/h2-4,7-11,15-16,19-20,24H,5-6,12-14,27H2,1H3/t15?,19-,20+,24?. The zero-order valence-corrected chi connectivity index (χ0v) is 18.8. The Hall–Kier alpha value is -3.03. The molecule has 1 aromatic carbocycles. The number of para-hydroxylation sites is 1. The van der Waals surface area contributed by atoms with Gasteiger partial charge < -0.3 is 10.5 Å². The summed E-state index contributed by atoms with van der Waals surface area (Å²) in [6.45, 7) is 5.23. The van der Waals surface area contributed by atoms with Gasteiger partial charge >= 0.3 is 0 Å². The summed E-state index contributed by atoms with van der Waals surface area (Å²) in [7, 11) is 0. The maximum atomic E-state index is 6.14. The number of pyridine rings is 2. The quantitative estimate of drug-likeness (QED) is 0.493. The molecule has 2 aliphatic carbocycles. The van der Waals surface area contributed by atoms with Gasteiger partial charge in [-0.1, -0.05) is 24.3 Å². The molecule has 168 valence electrons. The maximum Gasteiger partial charge on any atom is 0.187 e. The molecule has 4 aromatic rings. The highest BCUT2D eigenvalue weighted by Gasteiger charge is 2.54. The van der Waals surface area contributed by atoms with Crippen molar-refractivity contribution in [1.82, 2.24) is 24.5 Å². The molecule has 3 aromatic heterocycles. The number of likely N-dealkylation sites (tertiary alicyclic amines) is 1. The number of hydrogen-bond acceptors (Lipinski definition) is 6. The molecular weight excluding hydrogens is 412 g/mol. The lowest BCUT2D eigenvalue weighted by atomic mass is 10.1. The number of nitrogens with two attached hydrogens (primary N) is 1. The van der Waals surface area contributed by atoms with Gasteiger partial charge in [0.15, 0.2) is 11.5 Å². The van der Waals surface area contributed by atoms with Crippen LogP contribution in [-0.2, 0) is 0 Å². The van der Waals surface area contributed by atoms with E-state index in [-0.39, 0.29) is 0 Å². The number of aromatic nitrogens is 4. The first-order chi connectivity index (χ1) is 16.2. The molecule has 1 saturated heterocycles. The van der Waals surface area contributed by atoms with Gasteiger partial charge in [-0.25, -0.2) is 4.98 Å². The third-order valence-electron chi connectivity index (χ3n) is 7.83. The Morgan fingerprint density at radius 1 is 1.06 bits per heavy atom. The summed E-state index contributed by atoms with van der Waals surface area (Å²) < 4.78 is 8.18. The monoisotopic (exact) mass is 440 g/mol. The van der Waals surface area contributed by atoms with E-state index in [4.69, 9.17) is 15.5 Å². The van der Waals surface area contributed by atoms with E-state index >= 15 is 0 Å². The van der Waals surface area contributed by atoms with Gasteiger partial charge in [-0.05, 0) is 61.3 Å². The van der Waals surface area contributed by atoms with E-state index in [2.05, 4.69) is 56.9 Å². The molecule has 2 unspecified atom stereocenters. The molecule has 3 fully saturated rings. The van der Waals surface area contributed by atoms with Crippen LogP contribution in [0, 0.1) is 17.8 Å². The van der Waals surface area contributed by atoms with Crippen molar-refractivity contribution in [2.24, 2.45) is 23.5 Å². The second-order valence-electron chi connectivity index (χ2n) is 10.0. The topological polar surface area (TPSA) is 81.6 Å². The molecule has 2 N–H and O–H groups in total. The molecular formula is C26H28N6O. The average molecular weight is 441 g/mol. The summed E-state index contributed by atoms with van der Waals surface area (Å²) in [6.07, 6.45) is 4.70. The largest absolute Gasteiger partial charge is 0.491 e. The number of hydrogen-bond donors (Lipinski definition) is 1. The van der Waals surface area contributed by atoms with E-state index in [1.165, 1.54) is 18.4 Å². The van der Waals surface area contributed by atoms with Gasteiger partial charge in [0.25, 0.3) is 0 Å². The lowest BCUT2D eigenvalue weighted by Gasteiger charge is -2.26. The number of ether oxygens (including phenoxy) is 1. The highest BCUT2D eigenvalue weighted by Crippen LogP contribution is 2.46. The second kappa shape index (κ2) is 7.23. The number of rotatable bonds is 6. The summed E-state index contributed by atoms with van der Waals surface area (Å²) in [6, 6.07) is 15.2. The molecule has 0 radical (unpaired) electrons. The lowest BCUT2D eigenvalue weighted by Crippen LogP contribution is -2.30. The van der Waals surface area contributed by atoms with Crippen LogP contribution in [0.15, 0.2) is 48.7 Å². The molecule has 0 spiro atoms. The highest BCUT2D eigenvalue weighted by atomic mass is 16.5. The van der Waals surface area contributed by atoms with Gasteiger partial charge in [0.1, 0.15) is 17.0 Å². The minimum Gasteiger partial charge on any atom is -0.491 e. The normalized spacial score (nSPS) is 25.5. The highest BCUT2D eigenvalue weighted by molar-refractivity contribution is 5.86. The van der Waals surface area contributed by atoms with Gasteiger partial charge in [-0.2, -0.15) is 0 Å². The maximum absolute atomic E-state index is 6.14. The molecule has 4 atom stereocenters. The van der Waals surface area contributed by atoms with Crippen molar-refractivity contribution in [3.63, 3.8) is 0 Å². The summed E-state index contributed by atoms with van der Waals surface area (Å²) >= 11 is 0. The fourth-order valence-electron chi connectivity index (χ4n) is 5.31. The zero-order chi connectivity index (χ0) is 22.1. The van der Waals surface area contributed by atoms with Crippen molar-refractivity contribution >= 4 is 16.6 Å². The van der Waals surface area contributed by atoms with E-state index in [1.807, 2.05) is 18.2 Å². The Balaban J connectivity index is 1.23. The van der Waals surface area contributed by atoms with Crippen LogP contribution in [-0.4, -0.2) is 50.2 Å². The Morgan fingerprint density at radius 3 is 2.73 bits per heavy atom. The first kappa shape index (κ1) is 19.4. The van der Waals surface area contributed by atoms with E-state index in [0.717, 1.165) is 53.5 Å². The van der Waals surface area contributed by atoms with Gasteiger partial charge in [0.2, 0.25) is 0 Å². The zero-order valence-electron chi connectivity index (χ0n) is 18.8. The minimum absolute atomic E-state index is 0.330. The minimum atomic E-state index is 0.330. The fraction of sp³-hybridized carbons (Fsp3) is 0.423. The molecule has 1 aliphatic heterocycles. The third-order valence-corrected chi connectivity index (χ3v) is 7.83. The van der Waals surface area contributed by atoms with Crippen molar-refractivity contribution < 1.29 is 4.74 Å². The van der Waals surface area contributed by atoms with Gasteiger partial charge in [0.05, 0.1) is 6.61 Å². The van der Waals surface area contributed by atoms with Crippen LogP contribution in [0.2, 0.25) is 0 Å². The van der Waals surface area contributed by atoms with Crippen LogP contribution >= 0.6 is 0 Å². The second-order valence-corrected chi connectivity index (χ2v) is 10.0. The van der Waals surface area contributed by atoms with Gasteiger partial charge in [0, 0.05) is 36.8 Å². The smallest absolute Gasteiger partial charge is 0.187 e. The van der Waals surface area contributed by atoms with Crippen LogP contribution in [0.3, 0.4) is 0 Å². The molecule has 7 heteroatoms. The van der Waals surface area contributed by atoms with Crippen LogP contribution in [0.1, 0.15) is 31.4 Å². The molecule has 0 bridgehead atoms. The van der Waals surface area contributed by atoms with Crippen LogP contribution in [0.5, 0.6) is 5.75 Å². The van der Waals surface area contributed by atoms with Crippen molar-refractivity contribution in [3.05, 3.63) is 54.2 Å². The predicted molar refractivity (Wildman–Crippen MR) is 127 cm³/mol. The van der Waals surface area contributed by atoms with Gasteiger partial charge in [-0.3, -0.25) is 9.30 Å². The van der Waals surface area contributed by atoms with Crippen molar-refractivity contribution in [1.29, 1.82) is 0 Å². The summed E-state index contributed by atoms with van der Waals surface area (Å²) in [4.78, 5) is 7.51. The van der Waals surface area contributed by atoms with E-state index in [1.54, 1.807) is 0 Å².